The van der Waals surface area contributed by atoms with Crippen molar-refractivity contribution in [2.24, 2.45) is 0 Å². The Bertz CT molecular complexity index is 443. The lowest BCUT2D eigenvalue weighted by Crippen LogP contribution is -1.95. The molecule has 0 aliphatic rings. The molecule has 0 amide bonds. The van der Waals surface area contributed by atoms with E-state index < -0.39 is 0 Å². The largest absolute Gasteiger partial charge is 0.384 e. The van der Waals surface area contributed by atoms with Gasteiger partial charge in [-0.05, 0) is 12.1 Å². The van der Waals surface area contributed by atoms with Gasteiger partial charge in [0.1, 0.15) is 5.82 Å². The number of H-pyrrole nitrogens is 1. The molecule has 78 valence electrons. The summed E-state index contributed by atoms with van der Waals surface area (Å²) in [5, 5.41) is 1.47. The smallest absolute Gasteiger partial charge is 0.165 e. The standard InChI is InChI=1S/C9H9ClN4S/c10-6-1-2-8(11)14-7(6)5-15-9-12-3-4-13-9/h1-4H,5H2,(H2,11,14)(H,12,13). The topological polar surface area (TPSA) is 67.6 Å². The number of aromatic nitrogens is 3. The fourth-order valence-corrected chi connectivity index (χ4v) is 2.10. The number of pyridine rings is 1. The van der Waals surface area contributed by atoms with E-state index in [1.165, 1.54) is 11.8 Å². The number of nitrogens with one attached hydrogen (secondary N) is 1. The molecule has 4 nitrogen and oxygen atoms in total. The second-order valence-corrected chi connectivity index (χ2v) is 4.22. The van der Waals surface area contributed by atoms with Crippen molar-refractivity contribution in [2.75, 3.05) is 5.73 Å². The van der Waals surface area contributed by atoms with Crippen molar-refractivity contribution in [1.29, 1.82) is 0 Å². The molecule has 0 aliphatic carbocycles. The summed E-state index contributed by atoms with van der Waals surface area (Å²) >= 11 is 7.51. The summed E-state index contributed by atoms with van der Waals surface area (Å²) in [7, 11) is 0. The number of aromatic amines is 1. The van der Waals surface area contributed by atoms with Gasteiger partial charge >= 0.3 is 0 Å². The molecule has 0 fully saturated rings. The highest BCUT2D eigenvalue weighted by Gasteiger charge is 2.04. The Balaban J connectivity index is 2.07. The van der Waals surface area contributed by atoms with Gasteiger partial charge in [-0.3, -0.25) is 0 Å². The molecule has 6 heteroatoms. The van der Waals surface area contributed by atoms with E-state index in [-0.39, 0.29) is 0 Å². The number of hydrogen-bond acceptors (Lipinski definition) is 4. The zero-order valence-electron chi connectivity index (χ0n) is 7.77. The summed E-state index contributed by atoms with van der Waals surface area (Å²) in [6, 6.07) is 3.44. The number of hydrogen-bond donors (Lipinski definition) is 2. The predicted octanol–water partition coefficient (Wildman–Crippen LogP) is 2.33. The normalized spacial score (nSPS) is 10.5. The maximum Gasteiger partial charge on any atom is 0.165 e. The minimum Gasteiger partial charge on any atom is -0.384 e. The van der Waals surface area contributed by atoms with E-state index in [0.29, 0.717) is 16.6 Å². The summed E-state index contributed by atoms with van der Waals surface area (Å²) < 4.78 is 0. The van der Waals surface area contributed by atoms with Crippen LogP contribution in [0.4, 0.5) is 5.82 Å². The highest BCUT2D eigenvalue weighted by Crippen LogP contribution is 2.23. The van der Waals surface area contributed by atoms with Crippen LogP contribution in [0.3, 0.4) is 0 Å². The molecule has 0 spiro atoms. The third-order valence-corrected chi connectivity index (χ3v) is 3.02. The van der Waals surface area contributed by atoms with Crippen molar-refractivity contribution in [3.63, 3.8) is 0 Å². The zero-order valence-corrected chi connectivity index (χ0v) is 9.35. The molecule has 2 aromatic rings. The monoisotopic (exact) mass is 240 g/mol. The number of anilines is 1. The molecule has 2 aromatic heterocycles. The van der Waals surface area contributed by atoms with Crippen LogP contribution in [-0.2, 0) is 5.75 Å². The first-order valence-corrected chi connectivity index (χ1v) is 5.65. The van der Waals surface area contributed by atoms with E-state index in [9.17, 15) is 0 Å². The summed E-state index contributed by atoms with van der Waals surface area (Å²) in [6.07, 6.45) is 3.48. The molecule has 0 atom stereocenters. The fourth-order valence-electron chi connectivity index (χ4n) is 1.07. The van der Waals surface area contributed by atoms with Gasteiger partial charge in [0, 0.05) is 18.1 Å². The van der Waals surface area contributed by atoms with E-state index >= 15 is 0 Å². The van der Waals surface area contributed by atoms with Crippen molar-refractivity contribution in [3.8, 4) is 0 Å². The van der Waals surface area contributed by atoms with Crippen LogP contribution in [0.15, 0.2) is 29.7 Å². The van der Waals surface area contributed by atoms with Crippen molar-refractivity contribution in [3.05, 3.63) is 35.2 Å². The first kappa shape index (κ1) is 10.3. The predicted molar refractivity (Wildman–Crippen MR) is 61.8 cm³/mol. The van der Waals surface area contributed by atoms with Crippen LogP contribution in [0, 0.1) is 0 Å². The van der Waals surface area contributed by atoms with Crippen molar-refractivity contribution in [2.45, 2.75) is 10.9 Å². The third kappa shape index (κ3) is 2.64. The van der Waals surface area contributed by atoms with Crippen LogP contribution in [0.1, 0.15) is 5.69 Å². The molecule has 0 radical (unpaired) electrons. The van der Waals surface area contributed by atoms with Crippen molar-refractivity contribution < 1.29 is 0 Å². The van der Waals surface area contributed by atoms with Crippen molar-refractivity contribution >= 4 is 29.2 Å². The molecule has 0 saturated heterocycles. The van der Waals surface area contributed by atoms with Gasteiger partial charge in [0.2, 0.25) is 0 Å². The summed E-state index contributed by atoms with van der Waals surface area (Å²) in [5.74, 6) is 1.13. The molecular weight excluding hydrogens is 232 g/mol. The van der Waals surface area contributed by atoms with Gasteiger partial charge in [-0.1, -0.05) is 23.4 Å². The average Bonchev–Trinajstić information content (AvgIpc) is 2.72. The molecule has 2 rings (SSSR count). The first-order chi connectivity index (χ1) is 7.25. The fraction of sp³-hybridized carbons (Fsp3) is 0.111. The van der Waals surface area contributed by atoms with Crippen LogP contribution in [0.2, 0.25) is 5.02 Å². The summed E-state index contributed by atoms with van der Waals surface area (Å²) in [6.45, 7) is 0. The van der Waals surface area contributed by atoms with Crippen LogP contribution in [-0.4, -0.2) is 15.0 Å². The number of nitrogens with two attached hydrogens (primary N) is 1. The van der Waals surface area contributed by atoms with Gasteiger partial charge in [-0.2, -0.15) is 0 Å². The quantitative estimate of drug-likeness (QED) is 0.808. The molecule has 0 saturated carbocycles. The molecule has 0 aromatic carbocycles. The first-order valence-electron chi connectivity index (χ1n) is 4.29. The van der Waals surface area contributed by atoms with Gasteiger partial charge in [-0.15, -0.1) is 0 Å². The lowest BCUT2D eigenvalue weighted by atomic mass is 10.4. The lowest BCUT2D eigenvalue weighted by Gasteiger charge is -2.02. The zero-order chi connectivity index (χ0) is 10.7. The number of nitrogens with zero attached hydrogens (tertiary/aromatic N) is 2. The van der Waals surface area contributed by atoms with Crippen LogP contribution < -0.4 is 5.73 Å². The SMILES string of the molecule is Nc1ccc(Cl)c(CSc2ncc[nH]2)n1. The Morgan fingerprint density at radius 1 is 1.47 bits per heavy atom. The van der Waals surface area contributed by atoms with E-state index in [1.807, 2.05) is 0 Å². The number of halogens is 1. The van der Waals surface area contributed by atoms with Crippen molar-refractivity contribution in [1.82, 2.24) is 15.0 Å². The van der Waals surface area contributed by atoms with Crippen LogP contribution in [0.5, 0.6) is 0 Å². The van der Waals surface area contributed by atoms with E-state index in [1.54, 1.807) is 24.5 Å². The molecule has 2 heterocycles. The van der Waals surface area contributed by atoms with E-state index in [4.69, 9.17) is 17.3 Å². The Hall–Kier alpha value is -1.20. The van der Waals surface area contributed by atoms with E-state index in [2.05, 4.69) is 15.0 Å². The molecule has 15 heavy (non-hydrogen) atoms. The Morgan fingerprint density at radius 3 is 3.07 bits per heavy atom. The average molecular weight is 241 g/mol. The molecule has 3 N–H and O–H groups in total. The van der Waals surface area contributed by atoms with Gasteiger partial charge in [0.25, 0.3) is 0 Å². The highest BCUT2D eigenvalue weighted by molar-refractivity contribution is 7.98. The van der Waals surface area contributed by atoms with Gasteiger partial charge in [0.15, 0.2) is 5.16 Å². The minimum absolute atomic E-state index is 0.481. The number of rotatable bonds is 3. The molecule has 0 bridgehead atoms. The number of imidazole rings is 1. The molecule has 0 aliphatic heterocycles. The minimum atomic E-state index is 0.481. The second-order valence-electron chi connectivity index (χ2n) is 2.85. The lowest BCUT2D eigenvalue weighted by molar-refractivity contribution is 1.05. The molecular formula is C9H9ClN4S. The second kappa shape index (κ2) is 4.55. The Morgan fingerprint density at radius 2 is 2.33 bits per heavy atom. The maximum absolute atomic E-state index is 5.97. The molecule has 0 unspecified atom stereocenters. The highest BCUT2D eigenvalue weighted by atomic mass is 35.5. The van der Waals surface area contributed by atoms with E-state index in [0.717, 1.165) is 10.9 Å². The Labute approximate surface area is 96.3 Å². The maximum atomic E-state index is 5.97. The number of nitrogen functional groups attached to an aromatic ring is 1. The summed E-state index contributed by atoms with van der Waals surface area (Å²) in [5.41, 5.74) is 6.35. The van der Waals surface area contributed by atoms with Crippen LogP contribution >= 0.6 is 23.4 Å². The number of thioether (sulfide) groups is 1. The third-order valence-electron chi connectivity index (χ3n) is 1.76. The summed E-state index contributed by atoms with van der Waals surface area (Å²) in [4.78, 5) is 11.2. The van der Waals surface area contributed by atoms with Crippen LogP contribution in [0.25, 0.3) is 0 Å². The van der Waals surface area contributed by atoms with Gasteiger partial charge < -0.3 is 10.7 Å². The Kier molecular flexibility index (Phi) is 3.13. The van der Waals surface area contributed by atoms with Gasteiger partial charge in [0.05, 0.1) is 10.7 Å². The van der Waals surface area contributed by atoms with Gasteiger partial charge in [-0.25, -0.2) is 9.97 Å².